The summed E-state index contributed by atoms with van der Waals surface area (Å²) in [6.07, 6.45) is 1.64. The van der Waals surface area contributed by atoms with Crippen LogP contribution in [-0.2, 0) is 9.47 Å². The molecule has 0 aliphatic carbocycles. The summed E-state index contributed by atoms with van der Waals surface area (Å²) >= 11 is 3.78. The molecule has 212 valence electrons. The van der Waals surface area contributed by atoms with Gasteiger partial charge in [-0.3, -0.25) is 9.80 Å². The normalized spacial score (nSPS) is 19.7. The van der Waals surface area contributed by atoms with Crippen LogP contribution in [0.1, 0.15) is 68.2 Å². The lowest BCUT2D eigenvalue weighted by molar-refractivity contribution is 0.0328. The fourth-order valence-corrected chi connectivity index (χ4v) is 5.67. The number of alkyl carbamates (subject to hydrolysis) is 2. The smallest absolute Gasteiger partial charge is 0.407 e. The summed E-state index contributed by atoms with van der Waals surface area (Å²) in [5, 5.41) is 5.67. The van der Waals surface area contributed by atoms with Crippen LogP contribution in [-0.4, -0.2) is 108 Å². The highest BCUT2D eigenvalue weighted by Gasteiger charge is 2.31. The van der Waals surface area contributed by atoms with Crippen molar-refractivity contribution in [3.63, 3.8) is 0 Å². The highest BCUT2D eigenvalue weighted by molar-refractivity contribution is 7.99. The first kappa shape index (κ1) is 33.2. The topological polar surface area (TPSA) is 83.1 Å². The highest BCUT2D eigenvalue weighted by Crippen LogP contribution is 2.21. The zero-order valence-corrected chi connectivity index (χ0v) is 25.6. The Bertz CT molecular complexity index is 586. The van der Waals surface area contributed by atoms with E-state index in [1.807, 2.05) is 65.1 Å². The second-order valence-electron chi connectivity index (χ2n) is 11.2. The maximum atomic E-state index is 11.7. The van der Waals surface area contributed by atoms with Crippen LogP contribution >= 0.6 is 23.5 Å². The third kappa shape index (κ3) is 15.4. The Morgan fingerprint density at radius 3 is 1.39 bits per heavy atom. The van der Waals surface area contributed by atoms with Crippen molar-refractivity contribution in [1.29, 1.82) is 0 Å². The number of hydrogen-bond acceptors (Lipinski definition) is 8. The Morgan fingerprint density at radius 1 is 0.722 bits per heavy atom. The fourth-order valence-electron chi connectivity index (χ4n) is 4.04. The number of carbonyl (C=O) groups excluding carboxylic acids is 2. The van der Waals surface area contributed by atoms with Gasteiger partial charge in [0, 0.05) is 74.4 Å². The summed E-state index contributed by atoms with van der Waals surface area (Å²) in [7, 11) is 0. The zero-order valence-electron chi connectivity index (χ0n) is 24.0. The number of hydrogen-bond donors (Lipinski definition) is 2. The summed E-state index contributed by atoms with van der Waals surface area (Å²) < 4.78 is 10.6. The van der Waals surface area contributed by atoms with Gasteiger partial charge in [-0.1, -0.05) is 13.8 Å². The van der Waals surface area contributed by atoms with Crippen LogP contribution in [0.4, 0.5) is 9.59 Å². The van der Waals surface area contributed by atoms with Crippen molar-refractivity contribution in [2.75, 3.05) is 62.3 Å². The van der Waals surface area contributed by atoms with Gasteiger partial charge in [-0.25, -0.2) is 9.59 Å². The average molecular weight is 549 g/mol. The van der Waals surface area contributed by atoms with Gasteiger partial charge in [0.2, 0.25) is 0 Å². The van der Waals surface area contributed by atoms with Crippen LogP contribution < -0.4 is 10.6 Å². The summed E-state index contributed by atoms with van der Waals surface area (Å²) in [6.45, 7) is 21.5. The lowest BCUT2D eigenvalue weighted by Crippen LogP contribution is -2.58. The number of rotatable bonds is 14. The minimum atomic E-state index is -0.456. The molecule has 1 saturated heterocycles. The minimum absolute atomic E-state index is 0.339. The molecule has 0 saturated carbocycles. The maximum Gasteiger partial charge on any atom is 0.407 e. The number of thioether (sulfide) groups is 2. The molecule has 0 spiro atoms. The number of nitrogens with one attached hydrogen (secondary N) is 2. The van der Waals surface area contributed by atoms with E-state index in [0.29, 0.717) is 25.2 Å². The monoisotopic (exact) mass is 548 g/mol. The van der Waals surface area contributed by atoms with Gasteiger partial charge in [0.05, 0.1) is 0 Å². The molecule has 1 aliphatic rings. The molecule has 0 bridgehead atoms. The lowest BCUT2D eigenvalue weighted by atomic mass is 10.0. The number of piperazine rings is 1. The molecule has 0 aromatic heterocycles. The molecular weight excluding hydrogens is 496 g/mol. The largest absolute Gasteiger partial charge is 0.444 e. The van der Waals surface area contributed by atoms with Gasteiger partial charge in [-0.15, -0.1) is 0 Å². The van der Waals surface area contributed by atoms with Gasteiger partial charge in [-0.2, -0.15) is 23.5 Å². The Hall–Kier alpha value is -0.840. The fraction of sp³-hybridized carbons (Fsp3) is 0.923. The standard InChI is InChI=1S/C26H52N4O4S2/c1-9-21-19-30(14-18-36-16-12-28-24(32)34-26(6,7)8)22(10-2)20-29(21)13-17-35-15-11-27-23(31)33-25(3,4)5/h21-22H,9-20H2,1-8H3,(H,27,31)(H,28,32). The summed E-state index contributed by atoms with van der Waals surface area (Å²) in [5.41, 5.74) is -0.913. The van der Waals surface area contributed by atoms with Crippen molar-refractivity contribution in [1.82, 2.24) is 20.4 Å². The first-order valence-corrected chi connectivity index (χ1v) is 15.7. The van der Waals surface area contributed by atoms with E-state index in [-0.39, 0.29) is 12.2 Å². The first-order chi connectivity index (χ1) is 16.8. The molecule has 1 rings (SSSR count). The Kier molecular flexibility index (Phi) is 15.6. The van der Waals surface area contributed by atoms with E-state index in [0.717, 1.165) is 62.0 Å². The molecule has 36 heavy (non-hydrogen) atoms. The minimum Gasteiger partial charge on any atom is -0.444 e. The summed E-state index contributed by atoms with van der Waals surface area (Å²) in [4.78, 5) is 28.8. The third-order valence-corrected chi connectivity index (χ3v) is 7.67. The van der Waals surface area contributed by atoms with Crippen LogP contribution in [0.5, 0.6) is 0 Å². The molecule has 10 heteroatoms. The average Bonchev–Trinajstić information content (AvgIpc) is 2.76. The summed E-state index contributed by atoms with van der Waals surface area (Å²) in [5.74, 6) is 3.94. The van der Waals surface area contributed by atoms with Crippen molar-refractivity contribution >= 4 is 35.7 Å². The molecule has 0 radical (unpaired) electrons. The van der Waals surface area contributed by atoms with E-state index in [4.69, 9.17) is 9.47 Å². The third-order valence-electron chi connectivity index (χ3n) is 5.74. The van der Waals surface area contributed by atoms with Crippen LogP contribution in [0.3, 0.4) is 0 Å². The van der Waals surface area contributed by atoms with Crippen molar-refractivity contribution < 1.29 is 19.1 Å². The van der Waals surface area contributed by atoms with Gasteiger partial charge in [0.15, 0.2) is 0 Å². The molecule has 0 aromatic carbocycles. The second-order valence-corrected chi connectivity index (χ2v) is 13.6. The Balaban J connectivity index is 2.27. The lowest BCUT2D eigenvalue weighted by Gasteiger charge is -2.46. The second kappa shape index (κ2) is 16.9. The molecule has 2 atom stereocenters. The maximum absolute atomic E-state index is 11.7. The number of amides is 2. The molecule has 1 fully saturated rings. The number of nitrogens with zero attached hydrogens (tertiary/aromatic N) is 2. The highest BCUT2D eigenvalue weighted by atomic mass is 32.2. The van der Waals surface area contributed by atoms with E-state index in [1.165, 1.54) is 0 Å². The molecule has 8 nitrogen and oxygen atoms in total. The van der Waals surface area contributed by atoms with E-state index in [2.05, 4.69) is 34.3 Å². The van der Waals surface area contributed by atoms with Crippen molar-refractivity contribution in [3.05, 3.63) is 0 Å². The predicted molar refractivity (Wildman–Crippen MR) is 154 cm³/mol. The molecule has 2 amide bonds. The summed E-state index contributed by atoms with van der Waals surface area (Å²) in [6, 6.07) is 1.18. The van der Waals surface area contributed by atoms with E-state index >= 15 is 0 Å². The molecule has 2 unspecified atom stereocenters. The van der Waals surface area contributed by atoms with Gasteiger partial charge < -0.3 is 20.1 Å². The number of carbonyl (C=O) groups is 2. The number of ether oxygens (including phenoxy) is 2. The first-order valence-electron chi connectivity index (χ1n) is 13.4. The SMILES string of the molecule is CCC1CN(CCSCCNC(=O)OC(C)(C)C)C(CC)CN1CCSCCNC(=O)OC(C)(C)C. The molecule has 1 aliphatic heterocycles. The quantitative estimate of drug-likeness (QED) is 0.303. The van der Waals surface area contributed by atoms with Crippen LogP contribution in [0.15, 0.2) is 0 Å². The molecular formula is C26H52N4O4S2. The van der Waals surface area contributed by atoms with Crippen LogP contribution in [0.25, 0.3) is 0 Å². The van der Waals surface area contributed by atoms with E-state index < -0.39 is 11.2 Å². The van der Waals surface area contributed by atoms with Crippen LogP contribution in [0.2, 0.25) is 0 Å². The Labute approximate surface area is 228 Å². The van der Waals surface area contributed by atoms with Crippen molar-refractivity contribution in [2.24, 2.45) is 0 Å². The van der Waals surface area contributed by atoms with Crippen LogP contribution in [0, 0.1) is 0 Å². The van der Waals surface area contributed by atoms with Gasteiger partial charge in [0.1, 0.15) is 11.2 Å². The van der Waals surface area contributed by atoms with Crippen molar-refractivity contribution in [3.8, 4) is 0 Å². The van der Waals surface area contributed by atoms with Gasteiger partial charge in [0.25, 0.3) is 0 Å². The Morgan fingerprint density at radius 2 is 1.08 bits per heavy atom. The predicted octanol–water partition coefficient (Wildman–Crippen LogP) is 4.68. The molecule has 0 aromatic rings. The van der Waals surface area contributed by atoms with Gasteiger partial charge >= 0.3 is 12.2 Å². The molecule has 1 heterocycles. The van der Waals surface area contributed by atoms with E-state index in [9.17, 15) is 9.59 Å². The molecule has 2 N–H and O–H groups in total. The van der Waals surface area contributed by atoms with E-state index in [1.54, 1.807) is 0 Å². The van der Waals surface area contributed by atoms with Gasteiger partial charge in [-0.05, 0) is 54.4 Å². The van der Waals surface area contributed by atoms with Crippen molar-refractivity contribution in [2.45, 2.75) is 91.5 Å². The zero-order chi connectivity index (χ0) is 27.2.